The van der Waals surface area contributed by atoms with Gasteiger partial charge in [-0.05, 0) is 23.8 Å². The molecule has 0 saturated heterocycles. The Labute approximate surface area is 154 Å². The third-order valence-corrected chi connectivity index (χ3v) is 4.31. The number of fused-ring (bicyclic) bond motifs is 1. The van der Waals surface area contributed by atoms with Crippen molar-refractivity contribution in [3.63, 3.8) is 0 Å². The number of nitrogens with one attached hydrogen (secondary N) is 2. The minimum Gasteiger partial charge on any atom is -0.497 e. The summed E-state index contributed by atoms with van der Waals surface area (Å²) in [4.78, 5) is 27.3. The van der Waals surface area contributed by atoms with E-state index in [1.807, 2.05) is 24.3 Å². The molecule has 0 spiro atoms. The van der Waals surface area contributed by atoms with Crippen molar-refractivity contribution >= 4 is 34.2 Å². The van der Waals surface area contributed by atoms with Gasteiger partial charge in [0.2, 0.25) is 0 Å². The van der Waals surface area contributed by atoms with E-state index < -0.39 is 11.5 Å². The number of rotatable bonds is 5. The lowest BCUT2D eigenvalue weighted by Crippen LogP contribution is -2.22. The number of aromatic amines is 1. The summed E-state index contributed by atoms with van der Waals surface area (Å²) < 4.78 is 9.99. The van der Waals surface area contributed by atoms with Crippen molar-refractivity contribution in [1.29, 1.82) is 0 Å². The number of hydrogen-bond acceptors (Lipinski definition) is 5. The number of benzene rings is 2. The van der Waals surface area contributed by atoms with Gasteiger partial charge in [0.1, 0.15) is 11.3 Å². The summed E-state index contributed by atoms with van der Waals surface area (Å²) in [6.45, 7) is 0.381. The third kappa shape index (κ3) is 3.36. The van der Waals surface area contributed by atoms with E-state index in [-0.39, 0.29) is 5.56 Å². The van der Waals surface area contributed by atoms with Crippen LogP contribution >= 0.6 is 11.6 Å². The number of halogens is 1. The van der Waals surface area contributed by atoms with Gasteiger partial charge >= 0.3 is 5.97 Å². The highest BCUT2D eigenvalue weighted by molar-refractivity contribution is 6.35. The number of esters is 1. The molecule has 6 nitrogen and oxygen atoms in total. The number of carbonyl (C=O) groups is 1. The molecule has 2 N–H and O–H groups in total. The number of hydrogen-bond donors (Lipinski definition) is 2. The molecule has 0 fully saturated rings. The minimum atomic E-state index is -0.721. The first-order valence-electron chi connectivity index (χ1n) is 7.84. The molecule has 2 aromatic carbocycles. The summed E-state index contributed by atoms with van der Waals surface area (Å²) in [7, 11) is 2.82. The van der Waals surface area contributed by atoms with Gasteiger partial charge in [0.15, 0.2) is 0 Å². The van der Waals surface area contributed by atoms with Gasteiger partial charge in [0.25, 0.3) is 5.56 Å². The Morgan fingerprint density at radius 3 is 2.69 bits per heavy atom. The lowest BCUT2D eigenvalue weighted by Gasteiger charge is -2.14. The van der Waals surface area contributed by atoms with Crippen LogP contribution in [0.25, 0.3) is 10.9 Å². The van der Waals surface area contributed by atoms with Crippen molar-refractivity contribution in [3.8, 4) is 5.75 Å². The second kappa shape index (κ2) is 7.49. The summed E-state index contributed by atoms with van der Waals surface area (Å²) in [5.41, 5.74) is 1.10. The van der Waals surface area contributed by atoms with E-state index in [2.05, 4.69) is 10.3 Å². The molecule has 0 aliphatic carbocycles. The SMILES string of the molecule is COC(=O)c1c(NCc2cccc(OC)c2)c2cccc(Cl)c2[nH]c1=O. The van der Waals surface area contributed by atoms with Crippen LogP contribution in [0.5, 0.6) is 5.75 Å². The lowest BCUT2D eigenvalue weighted by atomic mass is 10.1. The van der Waals surface area contributed by atoms with E-state index >= 15 is 0 Å². The van der Waals surface area contributed by atoms with Crippen LogP contribution in [-0.2, 0) is 11.3 Å². The number of aromatic nitrogens is 1. The average Bonchev–Trinajstić information content (AvgIpc) is 2.66. The standard InChI is InChI=1S/C19H17ClN2O4/c1-25-12-6-3-5-11(9-12)10-21-17-13-7-4-8-14(20)16(13)22-18(23)15(17)19(24)26-2/h3-9H,10H2,1-2H3,(H2,21,22,23). The first-order valence-corrected chi connectivity index (χ1v) is 8.22. The maximum absolute atomic E-state index is 12.4. The van der Waals surface area contributed by atoms with Gasteiger partial charge in [-0.15, -0.1) is 0 Å². The van der Waals surface area contributed by atoms with Crippen molar-refractivity contribution in [1.82, 2.24) is 4.98 Å². The summed E-state index contributed by atoms with van der Waals surface area (Å²) in [6.07, 6.45) is 0. The predicted octanol–water partition coefficient (Wildman–Crippen LogP) is 3.59. The molecule has 3 rings (SSSR count). The average molecular weight is 373 g/mol. The first kappa shape index (κ1) is 17.8. The van der Waals surface area contributed by atoms with Crippen molar-refractivity contribution < 1.29 is 14.3 Å². The number of para-hydroxylation sites is 1. The predicted molar refractivity (Wildman–Crippen MR) is 101 cm³/mol. The number of H-pyrrole nitrogens is 1. The Bertz CT molecular complexity index is 1030. The zero-order valence-corrected chi connectivity index (χ0v) is 15.0. The van der Waals surface area contributed by atoms with Gasteiger partial charge in [-0.3, -0.25) is 4.79 Å². The summed E-state index contributed by atoms with van der Waals surface area (Å²) in [5.74, 6) is -0.00225. The van der Waals surface area contributed by atoms with Crippen LogP contribution in [0.1, 0.15) is 15.9 Å². The van der Waals surface area contributed by atoms with Gasteiger partial charge in [0, 0.05) is 11.9 Å². The largest absolute Gasteiger partial charge is 0.497 e. The van der Waals surface area contributed by atoms with Crippen LogP contribution < -0.4 is 15.6 Å². The Morgan fingerprint density at radius 2 is 1.96 bits per heavy atom. The normalized spacial score (nSPS) is 10.6. The fraction of sp³-hybridized carbons (Fsp3) is 0.158. The van der Waals surface area contributed by atoms with E-state index in [4.69, 9.17) is 21.1 Å². The van der Waals surface area contributed by atoms with Crippen molar-refractivity contribution in [2.24, 2.45) is 0 Å². The highest BCUT2D eigenvalue weighted by Gasteiger charge is 2.21. The highest BCUT2D eigenvalue weighted by Crippen LogP contribution is 2.29. The highest BCUT2D eigenvalue weighted by atomic mass is 35.5. The van der Waals surface area contributed by atoms with E-state index in [9.17, 15) is 9.59 Å². The Balaban J connectivity index is 2.11. The Morgan fingerprint density at radius 1 is 1.19 bits per heavy atom. The molecule has 0 aliphatic rings. The topological polar surface area (TPSA) is 80.4 Å². The molecule has 134 valence electrons. The van der Waals surface area contributed by atoms with Gasteiger partial charge in [-0.2, -0.15) is 0 Å². The summed E-state index contributed by atoms with van der Waals surface area (Å²) >= 11 is 6.19. The van der Waals surface area contributed by atoms with Gasteiger partial charge < -0.3 is 19.8 Å². The van der Waals surface area contributed by atoms with Crippen LogP contribution in [0.15, 0.2) is 47.3 Å². The molecule has 0 bridgehead atoms. The van der Waals surface area contributed by atoms with Crippen LogP contribution in [-0.4, -0.2) is 25.2 Å². The first-order chi connectivity index (χ1) is 12.5. The molecule has 0 radical (unpaired) electrons. The Hall–Kier alpha value is -2.99. The number of anilines is 1. The lowest BCUT2D eigenvalue weighted by molar-refractivity contribution is 0.0600. The van der Waals surface area contributed by atoms with Crippen LogP contribution in [0.3, 0.4) is 0 Å². The fourth-order valence-corrected chi connectivity index (χ4v) is 2.96. The quantitative estimate of drug-likeness (QED) is 0.669. The van der Waals surface area contributed by atoms with Crippen molar-refractivity contribution in [3.05, 3.63) is 69.0 Å². The number of methoxy groups -OCH3 is 2. The fourth-order valence-electron chi connectivity index (χ4n) is 2.74. The van der Waals surface area contributed by atoms with Crippen LogP contribution in [0.2, 0.25) is 5.02 Å². The molecular formula is C19H17ClN2O4. The Kier molecular flexibility index (Phi) is 5.14. The van der Waals surface area contributed by atoms with Gasteiger partial charge in [-0.1, -0.05) is 35.9 Å². The zero-order valence-electron chi connectivity index (χ0n) is 14.3. The minimum absolute atomic E-state index is 0.0924. The second-order valence-electron chi connectivity index (χ2n) is 5.56. The van der Waals surface area contributed by atoms with E-state index in [0.29, 0.717) is 28.2 Å². The molecule has 26 heavy (non-hydrogen) atoms. The van der Waals surface area contributed by atoms with Gasteiger partial charge in [0.05, 0.1) is 30.4 Å². The second-order valence-corrected chi connectivity index (χ2v) is 5.97. The van der Waals surface area contributed by atoms with Crippen LogP contribution in [0.4, 0.5) is 5.69 Å². The molecule has 3 aromatic rings. The molecular weight excluding hydrogens is 356 g/mol. The molecule has 1 aromatic heterocycles. The molecule has 0 atom stereocenters. The maximum atomic E-state index is 12.4. The number of ether oxygens (including phenoxy) is 2. The molecule has 7 heteroatoms. The van der Waals surface area contributed by atoms with Gasteiger partial charge in [-0.25, -0.2) is 4.79 Å². The zero-order chi connectivity index (χ0) is 18.7. The summed E-state index contributed by atoms with van der Waals surface area (Å²) in [6, 6.07) is 12.7. The number of carbonyl (C=O) groups excluding carboxylic acids is 1. The monoisotopic (exact) mass is 372 g/mol. The number of pyridine rings is 1. The smallest absolute Gasteiger partial charge is 0.345 e. The van der Waals surface area contributed by atoms with E-state index in [1.165, 1.54) is 7.11 Å². The molecule has 0 aliphatic heterocycles. The third-order valence-electron chi connectivity index (χ3n) is 3.99. The molecule has 0 amide bonds. The molecule has 0 unspecified atom stereocenters. The van der Waals surface area contributed by atoms with Crippen LogP contribution in [0, 0.1) is 0 Å². The van der Waals surface area contributed by atoms with E-state index in [0.717, 1.165) is 11.3 Å². The van der Waals surface area contributed by atoms with Crippen molar-refractivity contribution in [2.75, 3.05) is 19.5 Å². The molecule has 1 heterocycles. The molecule has 0 saturated carbocycles. The maximum Gasteiger partial charge on any atom is 0.345 e. The van der Waals surface area contributed by atoms with E-state index in [1.54, 1.807) is 25.3 Å². The summed E-state index contributed by atoms with van der Waals surface area (Å²) in [5, 5.41) is 4.19. The van der Waals surface area contributed by atoms with Crippen molar-refractivity contribution in [2.45, 2.75) is 6.54 Å².